The van der Waals surface area contributed by atoms with E-state index in [9.17, 15) is 9.90 Å². The van der Waals surface area contributed by atoms with E-state index in [1.165, 1.54) is 11.1 Å². The molecule has 0 heterocycles. The summed E-state index contributed by atoms with van der Waals surface area (Å²) in [6.07, 6.45) is 8.42. The topological polar surface area (TPSA) is 46.4 Å². The van der Waals surface area contributed by atoms with E-state index in [0.29, 0.717) is 5.56 Å². The molecular weight excluding hydrogens is 516 g/mol. The van der Waals surface area contributed by atoms with Crippen LogP contribution in [-0.4, -0.2) is 29.3 Å². The highest BCUT2D eigenvalue weighted by Crippen LogP contribution is 2.33. The van der Waals surface area contributed by atoms with Crippen molar-refractivity contribution in [1.82, 2.24) is 0 Å². The van der Waals surface area contributed by atoms with Crippen molar-refractivity contribution in [2.45, 2.75) is 26.9 Å². The van der Waals surface area contributed by atoms with Gasteiger partial charge in [-0.05, 0) is 66.0 Å². The Hall–Kier alpha value is -4.96. The van der Waals surface area contributed by atoms with Crippen LogP contribution in [0.15, 0.2) is 139 Å². The molecule has 0 N–H and O–H groups in total. The lowest BCUT2D eigenvalue weighted by molar-refractivity contribution is -0.539. The van der Waals surface area contributed by atoms with Crippen molar-refractivity contribution in [2.75, 3.05) is 18.0 Å². The summed E-state index contributed by atoms with van der Waals surface area (Å²) in [5.74, 6) is -1.18. The molecule has 0 radical (unpaired) electrons. The predicted octanol–water partition coefficient (Wildman–Crippen LogP) is 6.68. The Kier molecular flexibility index (Phi) is 9.25. The molecule has 1 aliphatic rings. The summed E-state index contributed by atoms with van der Waals surface area (Å²) in [6, 6.07) is 36.4. The van der Waals surface area contributed by atoms with Gasteiger partial charge >= 0.3 is 0 Å². The SMILES string of the molecule is CCN(Cc1ccccc1)c1ccc(C(=C2C=CC(=[N+](CC)Cc3ccccc3)C=C2)c2ccccc2C(=O)[O-])cc1. The first-order valence-electron chi connectivity index (χ1n) is 14.5. The number of carbonyl (C=O) groups excluding carboxylic acids is 1. The normalized spacial score (nSPS) is 12.3. The first-order chi connectivity index (χ1) is 20.6. The highest BCUT2D eigenvalue weighted by atomic mass is 16.4. The van der Waals surface area contributed by atoms with Crippen LogP contribution in [0.3, 0.4) is 0 Å². The Bertz CT molecular complexity index is 1630. The standard InChI is InChI=1S/C38H36N2O2/c1-3-39(27-29-13-7-5-8-14-29)33-23-19-31(20-24-33)37(35-17-11-12-18-36(35)38(41)42)32-21-25-34(26-22-32)40(4-2)28-30-15-9-6-10-16-30/h5-26H,3-4,27-28H2,1-2H3. The summed E-state index contributed by atoms with van der Waals surface area (Å²) in [5.41, 5.74) is 8.34. The van der Waals surface area contributed by atoms with E-state index in [-0.39, 0.29) is 5.56 Å². The van der Waals surface area contributed by atoms with Crippen LogP contribution < -0.4 is 10.0 Å². The van der Waals surface area contributed by atoms with Gasteiger partial charge in [-0.3, -0.25) is 0 Å². The van der Waals surface area contributed by atoms with Crippen molar-refractivity contribution in [3.63, 3.8) is 0 Å². The third-order valence-electron chi connectivity index (χ3n) is 7.65. The molecule has 0 fully saturated rings. The van der Waals surface area contributed by atoms with Crippen LogP contribution in [0.1, 0.15) is 46.5 Å². The molecule has 0 spiro atoms. The van der Waals surface area contributed by atoms with E-state index in [1.807, 2.05) is 24.3 Å². The van der Waals surface area contributed by atoms with Crippen molar-refractivity contribution >= 4 is 22.9 Å². The largest absolute Gasteiger partial charge is 0.545 e. The van der Waals surface area contributed by atoms with Crippen LogP contribution in [0.5, 0.6) is 0 Å². The summed E-state index contributed by atoms with van der Waals surface area (Å²) in [5, 5.41) is 12.2. The van der Waals surface area contributed by atoms with Crippen LogP contribution >= 0.6 is 0 Å². The Labute approximate surface area is 248 Å². The third-order valence-corrected chi connectivity index (χ3v) is 7.65. The number of carboxylic acids is 1. The van der Waals surface area contributed by atoms with Gasteiger partial charge in [0.2, 0.25) is 0 Å². The fraction of sp³-hybridized carbons (Fsp3) is 0.158. The zero-order chi connectivity index (χ0) is 29.3. The molecule has 0 amide bonds. The fourth-order valence-corrected chi connectivity index (χ4v) is 5.41. The first-order valence-corrected chi connectivity index (χ1v) is 14.5. The van der Waals surface area contributed by atoms with Gasteiger partial charge in [-0.15, -0.1) is 0 Å². The van der Waals surface area contributed by atoms with E-state index < -0.39 is 5.97 Å². The average Bonchev–Trinajstić information content (AvgIpc) is 3.04. The number of nitrogens with zero attached hydrogens (tertiary/aromatic N) is 2. The average molecular weight is 553 g/mol. The Morgan fingerprint density at radius 3 is 1.83 bits per heavy atom. The zero-order valence-corrected chi connectivity index (χ0v) is 24.2. The van der Waals surface area contributed by atoms with Crippen LogP contribution in [0.25, 0.3) is 5.57 Å². The molecule has 4 aromatic rings. The molecule has 0 saturated heterocycles. The summed E-state index contributed by atoms with van der Waals surface area (Å²) in [6.45, 7) is 7.69. The molecule has 210 valence electrons. The Balaban J connectivity index is 1.53. The summed E-state index contributed by atoms with van der Waals surface area (Å²) in [4.78, 5) is 14.5. The van der Waals surface area contributed by atoms with Gasteiger partial charge in [-0.2, -0.15) is 0 Å². The fourth-order valence-electron chi connectivity index (χ4n) is 5.41. The number of rotatable bonds is 10. The van der Waals surface area contributed by atoms with Gasteiger partial charge in [0.15, 0.2) is 12.3 Å². The van der Waals surface area contributed by atoms with Gasteiger partial charge in [-0.1, -0.05) is 97.1 Å². The first kappa shape index (κ1) is 28.6. The molecule has 42 heavy (non-hydrogen) atoms. The van der Waals surface area contributed by atoms with Gasteiger partial charge in [0.25, 0.3) is 0 Å². The minimum absolute atomic E-state index is 0.180. The van der Waals surface area contributed by atoms with Crippen LogP contribution in [0.2, 0.25) is 0 Å². The number of anilines is 1. The van der Waals surface area contributed by atoms with Gasteiger partial charge in [0, 0.05) is 42.1 Å². The second-order valence-corrected chi connectivity index (χ2v) is 10.3. The Morgan fingerprint density at radius 2 is 1.26 bits per heavy atom. The number of carbonyl (C=O) groups is 1. The maximum atomic E-state index is 12.2. The van der Waals surface area contributed by atoms with Crippen molar-refractivity contribution in [1.29, 1.82) is 0 Å². The molecule has 5 rings (SSSR count). The molecule has 0 atom stereocenters. The van der Waals surface area contributed by atoms with Crippen LogP contribution in [0, 0.1) is 0 Å². The molecule has 0 unspecified atom stereocenters. The number of hydrogen-bond donors (Lipinski definition) is 0. The molecule has 4 aromatic carbocycles. The lowest BCUT2D eigenvalue weighted by atomic mass is 9.88. The van der Waals surface area contributed by atoms with Crippen molar-refractivity contribution < 1.29 is 14.5 Å². The highest BCUT2D eigenvalue weighted by Gasteiger charge is 2.18. The van der Waals surface area contributed by atoms with E-state index in [0.717, 1.165) is 54.3 Å². The molecule has 0 saturated carbocycles. The summed E-state index contributed by atoms with van der Waals surface area (Å²) >= 11 is 0. The highest BCUT2D eigenvalue weighted by molar-refractivity contribution is 6.05. The molecule has 4 heteroatoms. The van der Waals surface area contributed by atoms with Crippen molar-refractivity contribution in [2.24, 2.45) is 0 Å². The lowest BCUT2D eigenvalue weighted by Crippen LogP contribution is -2.24. The van der Waals surface area contributed by atoms with Crippen LogP contribution in [-0.2, 0) is 13.1 Å². The predicted molar refractivity (Wildman–Crippen MR) is 171 cm³/mol. The van der Waals surface area contributed by atoms with E-state index >= 15 is 0 Å². The number of allylic oxidation sites excluding steroid dienone is 5. The van der Waals surface area contributed by atoms with Gasteiger partial charge in [0.1, 0.15) is 6.54 Å². The second-order valence-electron chi connectivity index (χ2n) is 10.3. The number of benzene rings is 4. The third kappa shape index (κ3) is 6.67. The molecule has 0 aliphatic heterocycles. The van der Waals surface area contributed by atoms with E-state index in [1.54, 1.807) is 12.1 Å². The lowest BCUT2D eigenvalue weighted by Gasteiger charge is -2.24. The minimum atomic E-state index is -1.18. The van der Waals surface area contributed by atoms with Crippen molar-refractivity contribution in [3.8, 4) is 0 Å². The molecular formula is C38H36N2O2. The smallest absolute Gasteiger partial charge is 0.200 e. The van der Waals surface area contributed by atoms with Crippen molar-refractivity contribution in [3.05, 3.63) is 167 Å². The summed E-state index contributed by atoms with van der Waals surface area (Å²) < 4.78 is 2.33. The second kappa shape index (κ2) is 13.6. The van der Waals surface area contributed by atoms with Crippen LogP contribution in [0.4, 0.5) is 5.69 Å². The zero-order valence-electron chi connectivity index (χ0n) is 24.2. The quantitative estimate of drug-likeness (QED) is 0.206. The number of hydrogen-bond acceptors (Lipinski definition) is 3. The maximum absolute atomic E-state index is 12.2. The monoisotopic (exact) mass is 552 g/mol. The van der Waals surface area contributed by atoms with E-state index in [4.69, 9.17) is 0 Å². The maximum Gasteiger partial charge on any atom is 0.200 e. The minimum Gasteiger partial charge on any atom is -0.545 e. The molecule has 4 nitrogen and oxygen atoms in total. The van der Waals surface area contributed by atoms with Gasteiger partial charge in [-0.25, -0.2) is 4.58 Å². The molecule has 0 aromatic heterocycles. The molecule has 0 bridgehead atoms. The number of carboxylic acid groups (broad SMARTS) is 1. The summed E-state index contributed by atoms with van der Waals surface area (Å²) in [7, 11) is 0. The number of aromatic carboxylic acids is 1. The van der Waals surface area contributed by atoms with Gasteiger partial charge < -0.3 is 14.8 Å². The van der Waals surface area contributed by atoms with Gasteiger partial charge in [0.05, 0.1) is 5.97 Å². The molecule has 1 aliphatic carbocycles. The Morgan fingerprint density at radius 1 is 0.690 bits per heavy atom. The van der Waals surface area contributed by atoms with E-state index in [2.05, 4.69) is 120 Å².